The zero-order valence-electron chi connectivity index (χ0n) is 33.2. The molecule has 1 amide bonds. The number of ether oxygens (including phenoxy) is 4. The Labute approximate surface area is 338 Å². The van der Waals surface area contributed by atoms with Crippen LogP contribution in [0.15, 0.2) is 157 Å². The van der Waals surface area contributed by atoms with Gasteiger partial charge in [-0.25, -0.2) is 0 Å². The summed E-state index contributed by atoms with van der Waals surface area (Å²) in [5.74, 6) is 2.72. The fraction of sp³-hybridized carbons (Fsp3) is 0.125. The lowest BCUT2D eigenvalue weighted by Crippen LogP contribution is -2.22. The van der Waals surface area contributed by atoms with Crippen LogP contribution in [-0.4, -0.2) is 59.6 Å². The van der Waals surface area contributed by atoms with Gasteiger partial charge in [-0.15, -0.1) is 0 Å². The maximum absolute atomic E-state index is 14.1. The minimum Gasteiger partial charge on any atom is -0.497 e. The molecule has 0 saturated carbocycles. The molecule has 10 heteroatoms. The predicted octanol–water partition coefficient (Wildman–Crippen LogP) is 9.67. The first kappa shape index (κ1) is 38.8. The van der Waals surface area contributed by atoms with Crippen LogP contribution in [0, 0.1) is 0 Å². The van der Waals surface area contributed by atoms with Crippen molar-refractivity contribution in [1.29, 1.82) is 0 Å². The van der Waals surface area contributed by atoms with E-state index in [1.807, 2.05) is 146 Å². The molecule has 0 saturated heterocycles. The van der Waals surface area contributed by atoms with Crippen molar-refractivity contribution in [3.63, 3.8) is 0 Å². The third-order valence-electron chi connectivity index (χ3n) is 10.1. The van der Waals surface area contributed by atoms with Crippen LogP contribution >= 0.6 is 0 Å². The summed E-state index contributed by atoms with van der Waals surface area (Å²) in [6, 6.07) is 47.0. The summed E-state index contributed by atoms with van der Waals surface area (Å²) in [4.78, 5) is 32.9. The van der Waals surface area contributed by atoms with Gasteiger partial charge in [0.1, 0.15) is 23.0 Å². The number of methoxy groups -OCH3 is 4. The molecule has 0 fully saturated rings. The highest BCUT2D eigenvalue weighted by atomic mass is 16.5. The van der Waals surface area contributed by atoms with Crippen LogP contribution in [0.5, 0.6) is 23.0 Å². The highest BCUT2D eigenvalue weighted by molar-refractivity contribution is 6.21. The zero-order chi connectivity index (χ0) is 40.8. The molecular formula is C48H44N4O6. The molecule has 292 valence electrons. The summed E-state index contributed by atoms with van der Waals surface area (Å²) in [7, 11) is 10.0. The summed E-state index contributed by atoms with van der Waals surface area (Å²) < 4.78 is 21.6. The fourth-order valence-electron chi connectivity index (χ4n) is 7.17. The summed E-state index contributed by atoms with van der Waals surface area (Å²) in [5, 5.41) is 3.23. The topological polar surface area (TPSA) is 92.8 Å². The molecule has 0 radical (unpaired) electrons. The maximum Gasteiger partial charge on any atom is 0.260 e. The number of hydrogen-bond acceptors (Lipinski definition) is 9. The molecule has 1 heterocycles. The van der Waals surface area contributed by atoms with Gasteiger partial charge < -0.3 is 39.0 Å². The smallest absolute Gasteiger partial charge is 0.260 e. The summed E-state index contributed by atoms with van der Waals surface area (Å²) >= 11 is 0. The number of rotatable bonds is 14. The first-order valence-electron chi connectivity index (χ1n) is 18.6. The minimum absolute atomic E-state index is 0.286. The molecule has 6 aromatic carbocycles. The van der Waals surface area contributed by atoms with E-state index in [0.717, 1.165) is 74.5 Å². The van der Waals surface area contributed by atoms with Crippen LogP contribution in [0.4, 0.5) is 34.1 Å². The van der Waals surface area contributed by atoms with E-state index in [1.54, 1.807) is 47.4 Å². The quantitative estimate of drug-likeness (QED) is 0.0859. The van der Waals surface area contributed by atoms with Crippen molar-refractivity contribution in [2.24, 2.45) is 0 Å². The average Bonchev–Trinajstić information content (AvgIpc) is 3.53. The van der Waals surface area contributed by atoms with E-state index in [4.69, 9.17) is 18.9 Å². The molecule has 1 aliphatic rings. The van der Waals surface area contributed by atoms with Crippen LogP contribution in [0.1, 0.15) is 11.1 Å². The maximum atomic E-state index is 14.1. The van der Waals surface area contributed by atoms with E-state index in [-0.39, 0.29) is 5.91 Å². The monoisotopic (exact) mass is 772 g/mol. The Bertz CT molecular complexity index is 2350. The molecule has 0 spiro atoms. The molecule has 1 aliphatic heterocycles. The number of carbonyl (C=O) groups excluding carboxylic acids is 2. The van der Waals surface area contributed by atoms with Gasteiger partial charge in [-0.2, -0.15) is 0 Å². The summed E-state index contributed by atoms with van der Waals surface area (Å²) in [6.45, 7) is 0. The Morgan fingerprint density at radius 1 is 0.517 bits per heavy atom. The van der Waals surface area contributed by atoms with Crippen molar-refractivity contribution in [1.82, 2.24) is 10.2 Å². The van der Waals surface area contributed by atoms with Crippen molar-refractivity contribution in [2.45, 2.75) is 0 Å². The van der Waals surface area contributed by atoms with E-state index < -0.39 is 0 Å². The average molecular weight is 773 g/mol. The fourth-order valence-corrected chi connectivity index (χ4v) is 7.17. The van der Waals surface area contributed by atoms with Crippen LogP contribution in [0.25, 0.3) is 11.4 Å². The minimum atomic E-state index is -0.286. The van der Waals surface area contributed by atoms with E-state index >= 15 is 0 Å². The first-order valence-corrected chi connectivity index (χ1v) is 18.6. The SMILES string of the molecule is CN/C(=C1/C(=O)N(C)C(c2ccc(N(c3ccc(OC)cc3)c3ccc(OC)cc3)cc2)=C1C=O)c1ccc(N(c2ccc(OC)cc2)c2ccc(OC)cc2)cc1. The molecule has 0 bridgehead atoms. The number of nitrogens with zero attached hydrogens (tertiary/aromatic N) is 3. The van der Waals surface area contributed by atoms with E-state index in [2.05, 4.69) is 15.1 Å². The number of amides is 1. The van der Waals surface area contributed by atoms with Crippen molar-refractivity contribution >= 4 is 57.7 Å². The van der Waals surface area contributed by atoms with Crippen molar-refractivity contribution in [3.05, 3.63) is 168 Å². The standard InChI is InChI=1S/C48H44N4O6/c1-49-46(32-7-11-34(12-8-32)51(36-15-23-40(55-3)24-16-36)37-17-25-41(56-4)26-18-37)45-44(31-53)47(50(2)48(45)54)33-9-13-35(14-10-33)52(38-19-27-42(57-5)28-20-38)39-21-29-43(58-6)30-22-39/h7-31,49H,1-6H3/b46-45+. The number of carbonyl (C=O) groups is 2. The number of aldehydes is 1. The number of benzene rings is 6. The second-order valence-electron chi connectivity index (χ2n) is 13.3. The molecule has 0 aromatic heterocycles. The molecule has 1 N–H and O–H groups in total. The largest absolute Gasteiger partial charge is 0.497 e. The number of nitrogens with one attached hydrogen (secondary N) is 1. The van der Waals surface area contributed by atoms with Crippen molar-refractivity contribution in [2.75, 3.05) is 52.3 Å². The molecule has 10 nitrogen and oxygen atoms in total. The second kappa shape index (κ2) is 17.1. The molecule has 7 rings (SSSR count). The summed E-state index contributed by atoms with van der Waals surface area (Å²) in [5.41, 5.74) is 8.60. The second-order valence-corrected chi connectivity index (χ2v) is 13.3. The summed E-state index contributed by atoms with van der Waals surface area (Å²) in [6.07, 6.45) is 0.766. The predicted molar refractivity (Wildman–Crippen MR) is 230 cm³/mol. The van der Waals surface area contributed by atoms with Crippen molar-refractivity contribution in [3.8, 4) is 23.0 Å². The normalized spacial score (nSPS) is 13.2. The van der Waals surface area contributed by atoms with Gasteiger partial charge in [-0.1, -0.05) is 24.3 Å². The highest BCUT2D eigenvalue weighted by Gasteiger charge is 2.36. The van der Waals surface area contributed by atoms with Gasteiger partial charge in [0.2, 0.25) is 0 Å². The lowest BCUT2D eigenvalue weighted by atomic mass is 9.98. The molecule has 0 unspecified atom stereocenters. The van der Waals surface area contributed by atoms with Gasteiger partial charge in [0.15, 0.2) is 6.29 Å². The van der Waals surface area contributed by atoms with Crippen molar-refractivity contribution < 1.29 is 28.5 Å². The van der Waals surface area contributed by atoms with Gasteiger partial charge in [0.05, 0.1) is 51.0 Å². The van der Waals surface area contributed by atoms with E-state index in [1.165, 1.54) is 0 Å². The first-order chi connectivity index (χ1) is 28.3. The van der Waals surface area contributed by atoms with Crippen LogP contribution in [-0.2, 0) is 9.59 Å². The highest BCUT2D eigenvalue weighted by Crippen LogP contribution is 2.41. The van der Waals surface area contributed by atoms with Gasteiger partial charge in [0.25, 0.3) is 5.91 Å². The van der Waals surface area contributed by atoms with Gasteiger partial charge in [-0.05, 0) is 132 Å². The molecular weight excluding hydrogens is 729 g/mol. The lowest BCUT2D eigenvalue weighted by Gasteiger charge is -2.26. The van der Waals surface area contributed by atoms with Crippen LogP contribution in [0.2, 0.25) is 0 Å². The van der Waals surface area contributed by atoms with Crippen LogP contribution < -0.4 is 34.1 Å². The van der Waals surface area contributed by atoms with Gasteiger partial charge >= 0.3 is 0 Å². The Morgan fingerprint density at radius 3 is 1.12 bits per heavy atom. The third kappa shape index (κ3) is 7.55. The zero-order valence-corrected chi connectivity index (χ0v) is 33.2. The third-order valence-corrected chi connectivity index (χ3v) is 10.1. The lowest BCUT2D eigenvalue weighted by molar-refractivity contribution is -0.122. The Morgan fingerprint density at radius 2 is 0.828 bits per heavy atom. The Hall–Kier alpha value is -7.46. The Kier molecular flexibility index (Phi) is 11.5. The number of anilines is 6. The van der Waals surface area contributed by atoms with Crippen LogP contribution in [0.3, 0.4) is 0 Å². The van der Waals surface area contributed by atoms with Gasteiger partial charge in [0, 0.05) is 48.2 Å². The number of likely N-dealkylation sites (N-methyl/N-ethyl adjacent to an activating group) is 1. The Balaban J connectivity index is 1.25. The van der Waals surface area contributed by atoms with E-state index in [0.29, 0.717) is 22.5 Å². The number of hydrogen-bond donors (Lipinski definition) is 1. The van der Waals surface area contributed by atoms with Gasteiger partial charge in [-0.3, -0.25) is 9.59 Å². The molecule has 58 heavy (non-hydrogen) atoms. The van der Waals surface area contributed by atoms with E-state index in [9.17, 15) is 9.59 Å². The molecule has 6 aromatic rings. The molecule has 0 aliphatic carbocycles. The molecule has 0 atom stereocenters.